The average molecular weight is 452 g/mol. The smallest absolute Gasteiger partial charge is 0.456 e. The molecule has 1 aromatic rings. The molecule has 0 fully saturated rings. The van der Waals surface area contributed by atoms with Crippen molar-refractivity contribution in [2.24, 2.45) is 0 Å². The average Bonchev–Trinajstić information content (AvgIpc) is 2.21. The topological polar surface area (TPSA) is 26.3 Å². The van der Waals surface area contributed by atoms with Crippen LogP contribution in [0.25, 0.3) is 0 Å². The molecule has 0 atom stereocenters. The number of carbonyl (C=O) groups is 1. The fourth-order valence-electron chi connectivity index (χ4n) is 2.33. The van der Waals surface area contributed by atoms with E-state index in [4.69, 9.17) is 4.74 Å². The molecule has 0 N–H and O–H groups in total. The van der Waals surface area contributed by atoms with Crippen molar-refractivity contribution in [1.82, 2.24) is 0 Å². The Hall–Kier alpha value is 0.911. The number of benzene rings is 1. The van der Waals surface area contributed by atoms with Crippen LogP contribution in [0.1, 0.15) is 47.8 Å². The third-order valence-electron chi connectivity index (χ3n) is 3.15. The van der Waals surface area contributed by atoms with Crippen LogP contribution in [0, 0.1) is 24.3 Å². The Morgan fingerprint density at radius 2 is 1.50 bits per heavy atom. The van der Waals surface area contributed by atoms with E-state index in [9.17, 15) is 17.7 Å². The van der Waals surface area contributed by atoms with Gasteiger partial charge in [0.25, 0.3) is 0 Å². The zero-order valence-corrected chi connectivity index (χ0v) is 19.2. The Bertz CT molecular complexity index is 595. The van der Waals surface area contributed by atoms with Crippen LogP contribution in [0.15, 0.2) is 0 Å². The minimum Gasteiger partial charge on any atom is -0.456 e. The van der Waals surface area contributed by atoms with Gasteiger partial charge in [0, 0.05) is 3.57 Å². The second kappa shape index (κ2) is 7.86. The Kier molecular flexibility index (Phi) is 8.19. The summed E-state index contributed by atoms with van der Waals surface area (Å²) < 4.78 is 45.6. The molecule has 0 aliphatic carbocycles. The summed E-state index contributed by atoms with van der Waals surface area (Å²) in [5.41, 5.74) is -0.767. The Balaban J connectivity index is 0.00000441. The summed E-state index contributed by atoms with van der Waals surface area (Å²) in [5.74, 6) is -0.711. The predicted octanol–water partition coefficient (Wildman–Crippen LogP) is 1.23. The zero-order valence-electron chi connectivity index (χ0n) is 13.9. The molecule has 0 amide bonds. The van der Waals surface area contributed by atoms with Gasteiger partial charge in [0.1, 0.15) is 5.60 Å². The number of carbonyl (C=O) groups excluding carboxylic acids is 1. The van der Waals surface area contributed by atoms with Gasteiger partial charge in [-0.15, -0.1) is 5.46 Å². The number of hydrogen-bond acceptors (Lipinski definition) is 2. The van der Waals surface area contributed by atoms with Crippen LogP contribution in [0.5, 0.6) is 0 Å². The van der Waals surface area contributed by atoms with E-state index in [0.717, 1.165) is 0 Å². The second-order valence-corrected chi connectivity index (χ2v) is 7.13. The monoisotopic (exact) mass is 452 g/mol. The van der Waals surface area contributed by atoms with Crippen LogP contribution in [0.4, 0.5) is 12.9 Å². The summed E-state index contributed by atoms with van der Waals surface area (Å²) in [6.07, 6.45) is 0. The maximum atomic E-state index is 13.3. The molecule has 0 heterocycles. The molecule has 0 unspecified atom stereocenters. The van der Waals surface area contributed by atoms with Crippen molar-refractivity contribution in [3.63, 3.8) is 0 Å². The van der Waals surface area contributed by atoms with Gasteiger partial charge < -0.3 is 17.7 Å². The van der Waals surface area contributed by atoms with Gasteiger partial charge >= 0.3 is 64.3 Å². The van der Waals surface area contributed by atoms with Crippen molar-refractivity contribution in [1.29, 1.82) is 0 Å². The van der Waals surface area contributed by atoms with Gasteiger partial charge in [0.15, 0.2) is 0 Å². The molecule has 0 radical (unpaired) electrons. The fourth-order valence-corrected chi connectivity index (χ4v) is 2.89. The van der Waals surface area contributed by atoms with Crippen molar-refractivity contribution in [3.8, 4) is 0 Å². The number of esters is 1. The molecule has 0 saturated heterocycles. The first-order chi connectivity index (χ1) is 9.27. The molecular weight excluding hydrogens is 434 g/mol. The molecule has 0 aliphatic heterocycles. The van der Waals surface area contributed by atoms with Gasteiger partial charge in [-0.25, -0.2) is 4.79 Å². The van der Waals surface area contributed by atoms with Crippen LogP contribution in [-0.4, -0.2) is 18.5 Å². The van der Waals surface area contributed by atoms with E-state index in [1.54, 1.807) is 27.7 Å². The van der Waals surface area contributed by atoms with Crippen molar-refractivity contribution in [2.45, 2.75) is 47.1 Å². The summed E-state index contributed by atoms with van der Waals surface area (Å²) in [6.45, 7) is 4.28. The molecule has 0 saturated carbocycles. The molecule has 0 spiro atoms. The van der Waals surface area contributed by atoms with Crippen molar-refractivity contribution in [2.75, 3.05) is 0 Å². The van der Waals surface area contributed by atoms with Gasteiger partial charge in [0.05, 0.1) is 5.56 Å². The van der Waals surface area contributed by atoms with Crippen molar-refractivity contribution >= 4 is 41.0 Å². The van der Waals surface area contributed by atoms with Crippen LogP contribution >= 0.6 is 22.6 Å². The normalized spacial score (nSPS) is 11.9. The number of rotatable bonds is 2. The first-order valence-corrected chi connectivity index (χ1v) is 7.57. The van der Waals surface area contributed by atoms with Crippen molar-refractivity contribution < 1.29 is 73.9 Å². The molecule has 2 nitrogen and oxygen atoms in total. The minimum atomic E-state index is -5.19. The van der Waals surface area contributed by atoms with Gasteiger partial charge in [0.2, 0.25) is 0 Å². The zero-order chi connectivity index (χ0) is 16.7. The van der Waals surface area contributed by atoms with E-state index in [0.29, 0.717) is 9.13 Å². The maximum absolute atomic E-state index is 13.3. The Labute approximate surface area is 185 Å². The standard InChI is InChI=1S/C14H18BF3IO2.K/c1-7-10(13(20)21-14(4,5)6)8(2)12(19)9(3)11(7)15(16,17)18;/h1-6H3;/q-1;+1. The third-order valence-corrected chi connectivity index (χ3v) is 4.76. The summed E-state index contributed by atoms with van der Waals surface area (Å²) in [4.78, 5) is 12.3. The molecule has 22 heavy (non-hydrogen) atoms. The summed E-state index contributed by atoms with van der Waals surface area (Å²) in [6, 6.07) is 0. The number of halogens is 4. The van der Waals surface area contributed by atoms with Gasteiger partial charge in [-0.3, -0.25) is 0 Å². The van der Waals surface area contributed by atoms with E-state index in [1.165, 1.54) is 13.8 Å². The first-order valence-electron chi connectivity index (χ1n) is 6.49. The molecule has 118 valence electrons. The molecular formula is C14H18BF3IKO2. The molecule has 8 heteroatoms. The van der Waals surface area contributed by atoms with Gasteiger partial charge in [-0.2, -0.15) is 0 Å². The van der Waals surface area contributed by atoms with Crippen molar-refractivity contribution in [3.05, 3.63) is 25.8 Å². The molecule has 1 rings (SSSR count). The molecule has 0 bridgehead atoms. The maximum Gasteiger partial charge on any atom is 1.00 e. The molecule has 0 aliphatic rings. The largest absolute Gasteiger partial charge is 1.00 e. The van der Waals surface area contributed by atoms with E-state index >= 15 is 0 Å². The van der Waals surface area contributed by atoms with Crippen LogP contribution < -0.4 is 56.8 Å². The van der Waals surface area contributed by atoms with Crippen LogP contribution in [-0.2, 0) is 4.74 Å². The summed E-state index contributed by atoms with van der Waals surface area (Å²) in [5, 5.41) is 0. The van der Waals surface area contributed by atoms with E-state index in [1.807, 2.05) is 22.6 Å². The quantitative estimate of drug-likeness (QED) is 0.384. The third kappa shape index (κ3) is 5.20. The fraction of sp³-hybridized carbons (Fsp3) is 0.500. The number of hydrogen-bond donors (Lipinski definition) is 0. The Morgan fingerprint density at radius 3 is 1.86 bits per heavy atom. The van der Waals surface area contributed by atoms with Gasteiger partial charge in [-0.1, -0.05) is 11.1 Å². The minimum absolute atomic E-state index is 0. The SMILES string of the molecule is Cc1c(I)c(C)c([B-](F)(F)F)c(C)c1C(=O)OC(C)(C)C.[K+]. The first kappa shape index (κ1) is 22.9. The van der Waals surface area contributed by atoms with Gasteiger partial charge in [-0.05, 0) is 69.7 Å². The van der Waals surface area contributed by atoms with E-state index in [-0.39, 0.29) is 68.1 Å². The van der Waals surface area contributed by atoms with Crippen LogP contribution in [0.2, 0.25) is 0 Å². The second-order valence-electron chi connectivity index (χ2n) is 6.05. The number of ether oxygens (including phenoxy) is 1. The molecule has 0 aromatic heterocycles. The van der Waals surface area contributed by atoms with E-state index in [2.05, 4.69) is 0 Å². The predicted molar refractivity (Wildman–Crippen MR) is 87.3 cm³/mol. The van der Waals surface area contributed by atoms with E-state index < -0.39 is 24.0 Å². The molecule has 1 aromatic carbocycles. The Morgan fingerprint density at radius 1 is 1.05 bits per heavy atom. The van der Waals surface area contributed by atoms with Crippen LogP contribution in [0.3, 0.4) is 0 Å². The summed E-state index contributed by atoms with van der Waals surface area (Å²) >= 11 is 1.85. The summed E-state index contributed by atoms with van der Waals surface area (Å²) in [7, 11) is 0.